The number of carboxylic acids is 1. The van der Waals surface area contributed by atoms with Crippen molar-refractivity contribution in [3.63, 3.8) is 0 Å². The topological polar surface area (TPSA) is 88.8 Å². The van der Waals surface area contributed by atoms with Gasteiger partial charge in [0.25, 0.3) is 0 Å². The lowest BCUT2D eigenvalue weighted by atomic mass is 10.2. The lowest BCUT2D eigenvalue weighted by Crippen LogP contribution is -2.25. The molecule has 1 aliphatic carbocycles. The van der Waals surface area contributed by atoms with Crippen LogP contribution in [-0.4, -0.2) is 29.7 Å². The molecule has 1 amide bonds. The van der Waals surface area contributed by atoms with Crippen LogP contribution in [0, 0.1) is 12.8 Å². The zero-order chi connectivity index (χ0) is 14.0. The number of rotatable bonds is 6. The van der Waals surface area contributed by atoms with E-state index >= 15 is 0 Å². The third-order valence-electron chi connectivity index (χ3n) is 3.09. The van der Waals surface area contributed by atoms with Crippen LogP contribution in [0.2, 0.25) is 0 Å². The lowest BCUT2D eigenvalue weighted by molar-refractivity contribution is -0.123. The zero-order valence-corrected chi connectivity index (χ0v) is 10.9. The first-order valence-corrected chi connectivity index (χ1v) is 6.24. The summed E-state index contributed by atoms with van der Waals surface area (Å²) in [5.74, 6) is -0.413. The van der Waals surface area contributed by atoms with Crippen LogP contribution in [0.3, 0.4) is 0 Å². The SMILES string of the molecule is CCO[C@H]1C[C@@H]1C(=O)NCc1cc(C(=O)O)c(C)o1. The van der Waals surface area contributed by atoms with Gasteiger partial charge in [0.05, 0.1) is 18.6 Å². The molecule has 0 saturated heterocycles. The van der Waals surface area contributed by atoms with Crippen LogP contribution >= 0.6 is 0 Å². The molecule has 1 aliphatic rings. The van der Waals surface area contributed by atoms with Crippen molar-refractivity contribution >= 4 is 11.9 Å². The van der Waals surface area contributed by atoms with Crippen molar-refractivity contribution in [3.8, 4) is 0 Å². The molecule has 1 aromatic rings. The second kappa shape index (κ2) is 5.44. The molecule has 104 valence electrons. The second-order valence-corrected chi connectivity index (χ2v) is 4.54. The molecule has 2 N–H and O–H groups in total. The molecule has 0 bridgehead atoms. The number of hydrogen-bond acceptors (Lipinski definition) is 4. The van der Waals surface area contributed by atoms with Crippen molar-refractivity contribution in [2.75, 3.05) is 6.61 Å². The van der Waals surface area contributed by atoms with Crippen LogP contribution in [0.15, 0.2) is 10.5 Å². The number of amides is 1. The summed E-state index contributed by atoms with van der Waals surface area (Å²) >= 11 is 0. The van der Waals surface area contributed by atoms with E-state index < -0.39 is 5.97 Å². The molecule has 2 rings (SSSR count). The standard InChI is InChI=1S/C13H17NO5/c1-3-18-11-5-10(11)12(15)14-6-8-4-9(13(16)17)7(2)19-8/h4,10-11H,3,5-6H2,1-2H3,(H,14,15)(H,16,17)/t10-,11-/m0/s1. The first-order chi connectivity index (χ1) is 9.02. The first-order valence-electron chi connectivity index (χ1n) is 6.24. The van der Waals surface area contributed by atoms with Crippen molar-refractivity contribution in [1.29, 1.82) is 0 Å². The van der Waals surface area contributed by atoms with Crippen molar-refractivity contribution < 1.29 is 23.8 Å². The van der Waals surface area contributed by atoms with Gasteiger partial charge in [0, 0.05) is 6.61 Å². The summed E-state index contributed by atoms with van der Waals surface area (Å²) < 4.78 is 10.6. The number of ether oxygens (including phenoxy) is 1. The second-order valence-electron chi connectivity index (χ2n) is 4.54. The van der Waals surface area contributed by atoms with Crippen LogP contribution in [0.4, 0.5) is 0 Å². The molecular weight excluding hydrogens is 250 g/mol. The Bertz CT molecular complexity index is 493. The molecule has 0 aromatic carbocycles. The molecule has 1 fully saturated rings. The summed E-state index contributed by atoms with van der Waals surface area (Å²) in [6, 6.07) is 1.44. The quantitative estimate of drug-likeness (QED) is 0.811. The Labute approximate surface area is 110 Å². The van der Waals surface area contributed by atoms with Crippen molar-refractivity contribution in [2.45, 2.75) is 32.9 Å². The number of carbonyl (C=O) groups is 2. The van der Waals surface area contributed by atoms with Gasteiger partial charge in [-0.15, -0.1) is 0 Å². The van der Waals surface area contributed by atoms with Gasteiger partial charge < -0.3 is 19.6 Å². The minimum Gasteiger partial charge on any atom is -0.478 e. The van der Waals surface area contributed by atoms with E-state index in [1.165, 1.54) is 6.07 Å². The average Bonchev–Trinajstić information content (AvgIpc) is 3.01. The van der Waals surface area contributed by atoms with Gasteiger partial charge in [0.2, 0.25) is 5.91 Å². The minimum atomic E-state index is -1.03. The smallest absolute Gasteiger partial charge is 0.339 e. The molecule has 0 unspecified atom stereocenters. The maximum Gasteiger partial charge on any atom is 0.339 e. The Balaban J connectivity index is 1.84. The summed E-state index contributed by atoms with van der Waals surface area (Å²) in [5, 5.41) is 11.6. The molecule has 0 radical (unpaired) electrons. The van der Waals surface area contributed by atoms with Gasteiger partial charge in [-0.2, -0.15) is 0 Å². The molecular formula is C13H17NO5. The number of hydrogen-bond donors (Lipinski definition) is 2. The van der Waals surface area contributed by atoms with E-state index in [1.807, 2.05) is 6.92 Å². The van der Waals surface area contributed by atoms with Crippen molar-refractivity contribution in [1.82, 2.24) is 5.32 Å². The fraction of sp³-hybridized carbons (Fsp3) is 0.538. The first kappa shape index (κ1) is 13.6. The van der Waals surface area contributed by atoms with Crippen LogP contribution in [0.25, 0.3) is 0 Å². The highest BCUT2D eigenvalue weighted by molar-refractivity contribution is 5.88. The summed E-state index contributed by atoms with van der Waals surface area (Å²) in [6.45, 7) is 4.28. The van der Waals surface area contributed by atoms with Crippen LogP contribution in [0.1, 0.15) is 35.2 Å². The Hall–Kier alpha value is -1.82. The van der Waals surface area contributed by atoms with E-state index in [0.29, 0.717) is 18.1 Å². The number of carboxylic acid groups (broad SMARTS) is 1. The van der Waals surface area contributed by atoms with E-state index in [1.54, 1.807) is 6.92 Å². The van der Waals surface area contributed by atoms with Crippen LogP contribution < -0.4 is 5.32 Å². The summed E-state index contributed by atoms with van der Waals surface area (Å²) in [7, 11) is 0. The number of nitrogens with one attached hydrogen (secondary N) is 1. The maximum absolute atomic E-state index is 11.7. The summed E-state index contributed by atoms with van der Waals surface area (Å²) in [5.41, 5.74) is 0.128. The molecule has 6 heteroatoms. The van der Waals surface area contributed by atoms with Crippen molar-refractivity contribution in [3.05, 3.63) is 23.2 Å². The predicted octanol–water partition coefficient (Wildman–Crippen LogP) is 1.33. The fourth-order valence-electron chi connectivity index (χ4n) is 1.99. The van der Waals surface area contributed by atoms with E-state index in [-0.39, 0.29) is 30.0 Å². The van der Waals surface area contributed by atoms with E-state index in [9.17, 15) is 9.59 Å². The fourth-order valence-corrected chi connectivity index (χ4v) is 1.99. The van der Waals surface area contributed by atoms with E-state index in [0.717, 1.165) is 6.42 Å². The average molecular weight is 267 g/mol. The van der Waals surface area contributed by atoms with Gasteiger partial charge in [0.15, 0.2) is 0 Å². The van der Waals surface area contributed by atoms with E-state index in [4.69, 9.17) is 14.3 Å². The summed E-state index contributed by atoms with van der Waals surface area (Å²) in [6.07, 6.45) is 0.773. The highest BCUT2D eigenvalue weighted by atomic mass is 16.5. The number of aryl methyl sites for hydroxylation is 1. The largest absolute Gasteiger partial charge is 0.478 e. The molecule has 0 aliphatic heterocycles. The highest BCUT2D eigenvalue weighted by Crippen LogP contribution is 2.33. The van der Waals surface area contributed by atoms with Crippen molar-refractivity contribution in [2.24, 2.45) is 5.92 Å². The summed E-state index contributed by atoms with van der Waals surface area (Å²) in [4.78, 5) is 22.6. The monoisotopic (exact) mass is 267 g/mol. The van der Waals surface area contributed by atoms with Gasteiger partial charge in [-0.1, -0.05) is 0 Å². The predicted molar refractivity (Wildman–Crippen MR) is 65.8 cm³/mol. The Morgan fingerprint density at radius 2 is 2.32 bits per heavy atom. The Morgan fingerprint density at radius 1 is 1.58 bits per heavy atom. The zero-order valence-electron chi connectivity index (χ0n) is 10.9. The number of carbonyl (C=O) groups excluding carboxylic acids is 1. The normalized spacial score (nSPS) is 21.2. The lowest BCUT2D eigenvalue weighted by Gasteiger charge is -2.02. The molecule has 2 atom stereocenters. The molecule has 6 nitrogen and oxygen atoms in total. The maximum atomic E-state index is 11.7. The van der Waals surface area contributed by atoms with Gasteiger partial charge >= 0.3 is 5.97 Å². The van der Waals surface area contributed by atoms with E-state index in [2.05, 4.69) is 5.32 Å². The van der Waals surface area contributed by atoms with Gasteiger partial charge in [0.1, 0.15) is 17.1 Å². The Kier molecular flexibility index (Phi) is 3.90. The number of aromatic carboxylic acids is 1. The molecule has 0 spiro atoms. The van der Waals surface area contributed by atoms with Gasteiger partial charge in [-0.3, -0.25) is 4.79 Å². The third kappa shape index (κ3) is 3.14. The number of furan rings is 1. The third-order valence-corrected chi connectivity index (χ3v) is 3.09. The molecule has 1 heterocycles. The van der Waals surface area contributed by atoms with Crippen LogP contribution in [-0.2, 0) is 16.1 Å². The molecule has 19 heavy (non-hydrogen) atoms. The minimum absolute atomic E-state index is 0.0258. The van der Waals surface area contributed by atoms with Gasteiger partial charge in [-0.25, -0.2) is 4.79 Å². The van der Waals surface area contributed by atoms with Gasteiger partial charge in [-0.05, 0) is 26.3 Å². The molecule has 1 aromatic heterocycles. The van der Waals surface area contributed by atoms with Crippen LogP contribution in [0.5, 0.6) is 0 Å². The molecule has 1 saturated carbocycles. The Morgan fingerprint density at radius 3 is 2.89 bits per heavy atom. The highest BCUT2D eigenvalue weighted by Gasteiger charge is 2.43.